The van der Waals surface area contributed by atoms with Gasteiger partial charge in [-0.2, -0.15) is 15.4 Å². The van der Waals surface area contributed by atoms with Crippen molar-refractivity contribution in [3.8, 4) is 6.07 Å². The third-order valence-electron chi connectivity index (χ3n) is 2.44. The summed E-state index contributed by atoms with van der Waals surface area (Å²) >= 11 is 0. The number of nitriles is 1. The molecule has 0 saturated carbocycles. The summed E-state index contributed by atoms with van der Waals surface area (Å²) in [5, 5.41) is 11.1. The summed E-state index contributed by atoms with van der Waals surface area (Å²) in [7, 11) is 2.67. The van der Waals surface area contributed by atoms with Crippen LogP contribution in [0.4, 0.5) is 11.4 Å². The van der Waals surface area contributed by atoms with Crippen LogP contribution in [0.5, 0.6) is 0 Å². The number of anilines is 2. The summed E-state index contributed by atoms with van der Waals surface area (Å²) in [5.74, 6) is -0.722. The van der Waals surface area contributed by atoms with Crippen LogP contribution in [0.15, 0.2) is 18.2 Å². The first-order chi connectivity index (χ1) is 9.44. The van der Waals surface area contributed by atoms with Gasteiger partial charge in [0.25, 0.3) is 0 Å². The molecule has 0 aromatic heterocycles. The molecule has 20 heavy (non-hydrogen) atoms. The summed E-state index contributed by atoms with van der Waals surface area (Å²) < 4.78 is 0. The lowest BCUT2D eigenvalue weighted by Crippen LogP contribution is -2.29. The largest absolute Gasteiger partial charge is 0.273 e. The Labute approximate surface area is 116 Å². The summed E-state index contributed by atoms with van der Waals surface area (Å²) in [6.45, 7) is 2.64. The Hall–Kier alpha value is -2.43. The normalized spacial score (nSPS) is 9.75. The Morgan fingerprint density at radius 2 is 1.40 bits per heavy atom. The zero-order valence-electron chi connectivity index (χ0n) is 11.7. The zero-order chi connectivity index (χ0) is 15.3. The maximum Gasteiger partial charge on any atom is 0.247 e. The molecular formula is C13H15N3O4. The first-order valence-corrected chi connectivity index (χ1v) is 5.69. The number of carbonyl (C=O) groups is 2. The summed E-state index contributed by atoms with van der Waals surface area (Å²) in [6.07, 6.45) is 0. The van der Waals surface area contributed by atoms with Gasteiger partial charge in [-0.05, 0) is 18.2 Å². The molecule has 2 amide bonds. The van der Waals surface area contributed by atoms with E-state index in [9.17, 15) is 9.59 Å². The van der Waals surface area contributed by atoms with Crippen molar-refractivity contribution in [1.29, 1.82) is 5.26 Å². The van der Waals surface area contributed by atoms with Gasteiger partial charge in [-0.25, -0.2) is 0 Å². The summed E-state index contributed by atoms with van der Waals surface area (Å²) in [5.41, 5.74) is 0.929. The second kappa shape index (κ2) is 6.65. The molecule has 106 valence electrons. The van der Waals surface area contributed by atoms with Gasteiger partial charge >= 0.3 is 0 Å². The topological polar surface area (TPSA) is 82.9 Å². The fourth-order valence-corrected chi connectivity index (χ4v) is 1.73. The average Bonchev–Trinajstić information content (AvgIpc) is 2.39. The van der Waals surface area contributed by atoms with E-state index in [0.717, 1.165) is 10.1 Å². The predicted molar refractivity (Wildman–Crippen MR) is 71.5 cm³/mol. The maximum absolute atomic E-state index is 11.5. The van der Waals surface area contributed by atoms with E-state index in [2.05, 4.69) is 0 Å². The van der Waals surface area contributed by atoms with Crippen molar-refractivity contribution < 1.29 is 19.3 Å². The lowest BCUT2D eigenvalue weighted by Gasteiger charge is -2.22. The molecule has 0 spiro atoms. The van der Waals surface area contributed by atoms with Gasteiger partial charge in [-0.15, -0.1) is 0 Å². The number of benzene rings is 1. The molecular weight excluding hydrogens is 262 g/mol. The van der Waals surface area contributed by atoms with Gasteiger partial charge in [-0.3, -0.25) is 19.3 Å². The fourth-order valence-electron chi connectivity index (χ4n) is 1.73. The van der Waals surface area contributed by atoms with Crippen molar-refractivity contribution in [2.45, 2.75) is 13.8 Å². The molecule has 0 atom stereocenters. The third kappa shape index (κ3) is 3.32. The molecule has 0 saturated heterocycles. The van der Waals surface area contributed by atoms with Crippen molar-refractivity contribution in [2.75, 3.05) is 24.3 Å². The van der Waals surface area contributed by atoms with Crippen LogP contribution in [0.2, 0.25) is 0 Å². The number of carbonyl (C=O) groups excluding carboxylic acids is 2. The van der Waals surface area contributed by atoms with Gasteiger partial charge in [0, 0.05) is 13.8 Å². The maximum atomic E-state index is 11.5. The Morgan fingerprint density at radius 3 is 1.65 bits per heavy atom. The van der Waals surface area contributed by atoms with E-state index in [1.165, 1.54) is 46.3 Å². The van der Waals surface area contributed by atoms with Crippen LogP contribution in [-0.2, 0) is 19.3 Å². The van der Waals surface area contributed by atoms with Gasteiger partial charge in [0.1, 0.15) is 0 Å². The van der Waals surface area contributed by atoms with Crippen molar-refractivity contribution in [3.63, 3.8) is 0 Å². The molecule has 1 aromatic rings. The number of amides is 2. The monoisotopic (exact) mass is 277 g/mol. The zero-order valence-corrected chi connectivity index (χ0v) is 11.7. The highest BCUT2D eigenvalue weighted by Gasteiger charge is 2.17. The fraction of sp³-hybridized carbons (Fsp3) is 0.308. The molecule has 0 aliphatic carbocycles. The minimum atomic E-state index is -0.361. The highest BCUT2D eigenvalue weighted by Crippen LogP contribution is 2.25. The van der Waals surface area contributed by atoms with Crippen LogP contribution < -0.4 is 10.1 Å². The Balaban J connectivity index is 3.38. The summed E-state index contributed by atoms with van der Waals surface area (Å²) in [4.78, 5) is 32.8. The number of nitrogens with zero attached hydrogens (tertiary/aromatic N) is 3. The third-order valence-corrected chi connectivity index (χ3v) is 2.44. The van der Waals surface area contributed by atoms with E-state index < -0.39 is 0 Å². The second-order valence-corrected chi connectivity index (χ2v) is 3.84. The van der Waals surface area contributed by atoms with Gasteiger partial charge < -0.3 is 0 Å². The standard InChI is InChI=1S/C13H15N3O4/c1-9(17)15(19-3)12-5-11(8-14)6-13(7-12)16(20-4)10(2)18/h5-7H,1-4H3. The lowest BCUT2D eigenvalue weighted by atomic mass is 10.1. The average molecular weight is 277 g/mol. The minimum Gasteiger partial charge on any atom is -0.273 e. The molecule has 0 heterocycles. The highest BCUT2D eigenvalue weighted by atomic mass is 16.7. The van der Waals surface area contributed by atoms with Crippen LogP contribution in [0.1, 0.15) is 19.4 Å². The van der Waals surface area contributed by atoms with Crippen molar-refractivity contribution in [3.05, 3.63) is 23.8 Å². The molecule has 7 nitrogen and oxygen atoms in total. The van der Waals surface area contributed by atoms with E-state index in [4.69, 9.17) is 14.9 Å². The van der Waals surface area contributed by atoms with Gasteiger partial charge in [0.15, 0.2) is 0 Å². The second-order valence-electron chi connectivity index (χ2n) is 3.84. The molecule has 0 aliphatic rings. The van der Waals surface area contributed by atoms with Crippen LogP contribution in [0.3, 0.4) is 0 Å². The summed E-state index contributed by atoms with van der Waals surface area (Å²) in [6, 6.07) is 6.42. The van der Waals surface area contributed by atoms with Crippen molar-refractivity contribution in [2.24, 2.45) is 0 Å². The molecule has 0 unspecified atom stereocenters. The van der Waals surface area contributed by atoms with E-state index in [1.807, 2.05) is 6.07 Å². The van der Waals surface area contributed by atoms with Crippen molar-refractivity contribution in [1.82, 2.24) is 0 Å². The van der Waals surface area contributed by atoms with Gasteiger partial charge in [0.2, 0.25) is 11.8 Å². The predicted octanol–water partition coefficient (Wildman–Crippen LogP) is 1.39. The molecule has 0 aliphatic heterocycles. The van der Waals surface area contributed by atoms with Gasteiger partial charge in [0.05, 0.1) is 37.2 Å². The Morgan fingerprint density at radius 1 is 1.00 bits per heavy atom. The number of rotatable bonds is 4. The number of hydrogen-bond donors (Lipinski definition) is 0. The quantitative estimate of drug-likeness (QED) is 0.776. The van der Waals surface area contributed by atoms with Crippen LogP contribution in [-0.4, -0.2) is 26.0 Å². The SMILES string of the molecule is CON(C(C)=O)c1cc(C#N)cc(N(OC)C(C)=O)c1. The Kier molecular flexibility index (Phi) is 5.20. The van der Waals surface area contributed by atoms with Crippen LogP contribution >= 0.6 is 0 Å². The number of hydrogen-bond acceptors (Lipinski definition) is 5. The molecule has 0 bridgehead atoms. The molecule has 0 N–H and O–H groups in total. The molecule has 7 heteroatoms. The Bertz CT molecular complexity index is 525. The van der Waals surface area contributed by atoms with E-state index in [-0.39, 0.29) is 17.4 Å². The van der Waals surface area contributed by atoms with E-state index >= 15 is 0 Å². The number of hydroxylamine groups is 2. The van der Waals surface area contributed by atoms with E-state index in [1.54, 1.807) is 0 Å². The van der Waals surface area contributed by atoms with Crippen LogP contribution in [0.25, 0.3) is 0 Å². The first kappa shape index (κ1) is 15.6. The lowest BCUT2D eigenvalue weighted by molar-refractivity contribution is -0.123. The van der Waals surface area contributed by atoms with Gasteiger partial charge in [-0.1, -0.05) is 0 Å². The molecule has 0 radical (unpaired) electrons. The molecule has 1 aromatic carbocycles. The van der Waals surface area contributed by atoms with E-state index in [0.29, 0.717) is 11.4 Å². The minimum absolute atomic E-state index is 0.268. The molecule has 1 rings (SSSR count). The van der Waals surface area contributed by atoms with Crippen LogP contribution in [0, 0.1) is 11.3 Å². The molecule has 0 fully saturated rings. The highest BCUT2D eigenvalue weighted by molar-refractivity contribution is 5.93. The smallest absolute Gasteiger partial charge is 0.247 e. The van der Waals surface area contributed by atoms with Crippen molar-refractivity contribution >= 4 is 23.2 Å². The first-order valence-electron chi connectivity index (χ1n) is 5.69.